The molecule has 5 nitrogen and oxygen atoms in total. The highest BCUT2D eigenvalue weighted by Gasteiger charge is 2.11. The molecule has 3 N–H and O–H groups in total. The van der Waals surface area contributed by atoms with Gasteiger partial charge in [0.1, 0.15) is 5.75 Å². The number of carbonyl (C=O) groups is 2. The predicted molar refractivity (Wildman–Crippen MR) is 83.4 cm³/mol. The fraction of sp³-hybridized carbons (Fsp3) is 0.467. The van der Waals surface area contributed by atoms with E-state index in [1.54, 1.807) is 12.1 Å². The molecule has 1 atom stereocenters. The number of carboxylic acids is 1. The Balaban J connectivity index is 2.41. The van der Waals surface area contributed by atoms with Gasteiger partial charge < -0.3 is 15.5 Å². The van der Waals surface area contributed by atoms with Gasteiger partial charge in [-0.25, -0.2) is 0 Å². The average molecular weight is 358 g/mol. The van der Waals surface area contributed by atoms with Crippen molar-refractivity contribution < 1.29 is 19.8 Å². The lowest BCUT2D eigenvalue weighted by atomic mass is 9.96. The molecule has 0 fully saturated rings. The van der Waals surface area contributed by atoms with E-state index in [2.05, 4.69) is 21.2 Å². The van der Waals surface area contributed by atoms with Crippen LogP contribution < -0.4 is 5.32 Å². The number of carboxylic acid groups (broad SMARTS) is 1. The Bertz CT molecular complexity index is 504. The number of aromatic hydroxyl groups is 1. The number of hydrogen-bond acceptors (Lipinski definition) is 3. The van der Waals surface area contributed by atoms with Crippen LogP contribution in [0.5, 0.6) is 5.75 Å². The first-order chi connectivity index (χ1) is 9.93. The lowest BCUT2D eigenvalue weighted by Crippen LogP contribution is -2.26. The molecule has 0 aliphatic heterocycles. The number of hydrogen-bond donors (Lipinski definition) is 3. The lowest BCUT2D eigenvalue weighted by molar-refractivity contribution is -0.137. The summed E-state index contributed by atoms with van der Waals surface area (Å²) in [6.07, 6.45) is 2.42. The molecule has 1 aromatic rings. The second-order valence-corrected chi connectivity index (χ2v) is 5.77. The van der Waals surface area contributed by atoms with Crippen molar-refractivity contribution in [3.05, 3.63) is 28.2 Å². The highest BCUT2D eigenvalue weighted by atomic mass is 79.9. The van der Waals surface area contributed by atoms with Crippen LogP contribution in [0.2, 0.25) is 0 Å². The van der Waals surface area contributed by atoms with Crippen molar-refractivity contribution in [2.75, 3.05) is 6.54 Å². The molecule has 1 amide bonds. The Morgan fingerprint density at radius 1 is 1.33 bits per heavy atom. The fourth-order valence-corrected chi connectivity index (χ4v) is 2.27. The minimum Gasteiger partial charge on any atom is -0.507 e. The zero-order valence-corrected chi connectivity index (χ0v) is 13.5. The van der Waals surface area contributed by atoms with Crippen molar-refractivity contribution in [2.45, 2.75) is 32.6 Å². The summed E-state index contributed by atoms with van der Waals surface area (Å²) in [4.78, 5) is 22.5. The van der Waals surface area contributed by atoms with Gasteiger partial charge >= 0.3 is 5.97 Å². The van der Waals surface area contributed by atoms with Gasteiger partial charge in [0, 0.05) is 18.5 Å². The summed E-state index contributed by atoms with van der Waals surface area (Å²) in [6.45, 7) is 2.51. The van der Waals surface area contributed by atoms with E-state index in [0.29, 0.717) is 28.9 Å². The maximum Gasteiger partial charge on any atom is 0.303 e. The van der Waals surface area contributed by atoms with Gasteiger partial charge in [0.25, 0.3) is 5.91 Å². The number of benzene rings is 1. The summed E-state index contributed by atoms with van der Waals surface area (Å²) >= 11 is 3.16. The van der Waals surface area contributed by atoms with Crippen molar-refractivity contribution in [1.82, 2.24) is 5.32 Å². The number of phenolic OH excluding ortho intramolecular Hbond substituents is 1. The normalized spacial score (nSPS) is 11.9. The SMILES string of the molecule is CCC(CCNC(=O)c1ccc(Br)c(O)c1)CCC(=O)O. The number of aliphatic carboxylic acids is 1. The van der Waals surface area contributed by atoms with Gasteiger partial charge in [-0.15, -0.1) is 0 Å². The fourth-order valence-electron chi connectivity index (χ4n) is 2.03. The van der Waals surface area contributed by atoms with Crippen molar-refractivity contribution in [2.24, 2.45) is 5.92 Å². The molecule has 0 aliphatic rings. The molecule has 0 saturated heterocycles. The number of rotatable bonds is 8. The van der Waals surface area contributed by atoms with Crippen LogP contribution in [-0.4, -0.2) is 28.6 Å². The maximum absolute atomic E-state index is 11.9. The van der Waals surface area contributed by atoms with Gasteiger partial charge in [0.2, 0.25) is 0 Å². The van der Waals surface area contributed by atoms with E-state index in [0.717, 1.165) is 12.8 Å². The molecule has 0 aromatic heterocycles. The lowest BCUT2D eigenvalue weighted by Gasteiger charge is -2.14. The number of phenols is 1. The summed E-state index contributed by atoms with van der Waals surface area (Å²) in [5.74, 6) is -0.719. The highest BCUT2D eigenvalue weighted by Crippen LogP contribution is 2.24. The Morgan fingerprint density at radius 2 is 2.05 bits per heavy atom. The molecule has 0 saturated carbocycles. The third kappa shape index (κ3) is 6.16. The number of halogens is 1. The molecule has 0 bridgehead atoms. The average Bonchev–Trinajstić information content (AvgIpc) is 2.45. The van der Waals surface area contributed by atoms with E-state index >= 15 is 0 Å². The summed E-state index contributed by atoms with van der Waals surface area (Å²) < 4.78 is 0.541. The van der Waals surface area contributed by atoms with Crippen LogP contribution >= 0.6 is 15.9 Å². The van der Waals surface area contributed by atoms with Crippen molar-refractivity contribution in [3.63, 3.8) is 0 Å². The number of nitrogens with one attached hydrogen (secondary N) is 1. The maximum atomic E-state index is 11.9. The molecule has 0 radical (unpaired) electrons. The zero-order valence-electron chi connectivity index (χ0n) is 11.9. The Labute approximate surface area is 132 Å². The standard InChI is InChI=1S/C15H20BrNO4/c1-2-10(3-6-14(19)20)7-8-17-15(21)11-4-5-12(16)13(18)9-11/h4-5,9-10,18H,2-3,6-8H2,1H3,(H,17,21)(H,19,20). The first kappa shape index (κ1) is 17.5. The van der Waals surface area contributed by atoms with E-state index in [4.69, 9.17) is 5.11 Å². The number of carbonyl (C=O) groups excluding carboxylic acids is 1. The molecule has 1 unspecified atom stereocenters. The monoisotopic (exact) mass is 357 g/mol. The predicted octanol–water partition coefficient (Wildman–Crippen LogP) is 3.17. The molecule has 1 rings (SSSR count). The summed E-state index contributed by atoms with van der Waals surface area (Å²) in [5.41, 5.74) is 0.397. The van der Waals surface area contributed by atoms with E-state index < -0.39 is 5.97 Å². The van der Waals surface area contributed by atoms with E-state index in [-0.39, 0.29) is 18.1 Å². The van der Waals surface area contributed by atoms with Crippen LogP contribution in [0.25, 0.3) is 0 Å². The van der Waals surface area contributed by atoms with Crippen LogP contribution in [0.15, 0.2) is 22.7 Å². The molecule has 0 spiro atoms. The molecular weight excluding hydrogens is 338 g/mol. The molecule has 6 heteroatoms. The van der Waals surface area contributed by atoms with Crippen LogP contribution in [0, 0.1) is 5.92 Å². The zero-order chi connectivity index (χ0) is 15.8. The largest absolute Gasteiger partial charge is 0.507 e. The Kier molecular flexibility index (Phi) is 7.22. The van der Waals surface area contributed by atoms with Gasteiger partial charge in [-0.05, 0) is 52.9 Å². The minimum atomic E-state index is -0.789. The molecule has 0 heterocycles. The second kappa shape index (κ2) is 8.67. The Hall–Kier alpha value is -1.56. The molecule has 21 heavy (non-hydrogen) atoms. The van der Waals surface area contributed by atoms with Crippen LogP contribution in [0.4, 0.5) is 0 Å². The quantitative estimate of drug-likeness (QED) is 0.666. The van der Waals surface area contributed by atoms with Crippen molar-refractivity contribution >= 4 is 27.8 Å². The van der Waals surface area contributed by atoms with Gasteiger partial charge in [-0.1, -0.05) is 13.3 Å². The first-order valence-corrected chi connectivity index (χ1v) is 7.71. The third-order valence-corrected chi connectivity index (χ3v) is 4.06. The number of amides is 1. The summed E-state index contributed by atoms with van der Waals surface area (Å²) in [6, 6.07) is 4.65. The highest BCUT2D eigenvalue weighted by molar-refractivity contribution is 9.10. The minimum absolute atomic E-state index is 0.0237. The van der Waals surface area contributed by atoms with Gasteiger partial charge in [-0.2, -0.15) is 0 Å². The van der Waals surface area contributed by atoms with Gasteiger partial charge in [-0.3, -0.25) is 9.59 Å². The van der Waals surface area contributed by atoms with E-state index in [9.17, 15) is 14.7 Å². The van der Waals surface area contributed by atoms with Crippen molar-refractivity contribution in [3.8, 4) is 5.75 Å². The summed E-state index contributed by atoms with van der Waals surface area (Å²) in [7, 11) is 0. The molecule has 1 aromatic carbocycles. The van der Waals surface area contributed by atoms with Crippen LogP contribution in [0.1, 0.15) is 43.0 Å². The molecular formula is C15H20BrNO4. The van der Waals surface area contributed by atoms with E-state index in [1.165, 1.54) is 6.07 Å². The summed E-state index contributed by atoms with van der Waals surface area (Å²) in [5, 5.41) is 21.0. The first-order valence-electron chi connectivity index (χ1n) is 6.92. The topological polar surface area (TPSA) is 86.6 Å². The van der Waals surface area contributed by atoms with E-state index in [1.807, 2.05) is 6.92 Å². The van der Waals surface area contributed by atoms with Crippen LogP contribution in [-0.2, 0) is 4.79 Å². The smallest absolute Gasteiger partial charge is 0.303 e. The third-order valence-electron chi connectivity index (χ3n) is 3.39. The Morgan fingerprint density at radius 3 is 2.62 bits per heavy atom. The second-order valence-electron chi connectivity index (χ2n) is 4.92. The molecule has 116 valence electrons. The van der Waals surface area contributed by atoms with Gasteiger partial charge in [0.05, 0.1) is 4.47 Å². The van der Waals surface area contributed by atoms with Crippen molar-refractivity contribution in [1.29, 1.82) is 0 Å². The van der Waals surface area contributed by atoms with Gasteiger partial charge in [0.15, 0.2) is 0 Å². The molecule has 0 aliphatic carbocycles. The van der Waals surface area contributed by atoms with Crippen LogP contribution in [0.3, 0.4) is 0 Å².